The van der Waals surface area contributed by atoms with Crippen molar-refractivity contribution in [3.8, 4) is 5.75 Å². The lowest BCUT2D eigenvalue weighted by atomic mass is 10.1. The van der Waals surface area contributed by atoms with Crippen LogP contribution >= 0.6 is 0 Å². The van der Waals surface area contributed by atoms with Crippen molar-refractivity contribution >= 4 is 21.6 Å². The third-order valence-electron chi connectivity index (χ3n) is 4.45. The second-order valence-electron chi connectivity index (χ2n) is 6.82. The van der Waals surface area contributed by atoms with Crippen molar-refractivity contribution in [3.63, 3.8) is 0 Å². The Bertz CT molecular complexity index is 895. The number of ether oxygens (including phenoxy) is 1. The number of amides is 1. The molecule has 0 fully saturated rings. The molecule has 2 rings (SSSR count). The lowest BCUT2D eigenvalue weighted by molar-refractivity contribution is -0.121. The van der Waals surface area contributed by atoms with E-state index in [9.17, 15) is 13.2 Å². The van der Waals surface area contributed by atoms with E-state index in [2.05, 4.69) is 5.32 Å². The van der Waals surface area contributed by atoms with E-state index in [4.69, 9.17) is 4.74 Å². The van der Waals surface area contributed by atoms with Crippen LogP contribution in [0.15, 0.2) is 48.5 Å². The van der Waals surface area contributed by atoms with E-state index in [1.165, 1.54) is 4.31 Å². The zero-order valence-corrected chi connectivity index (χ0v) is 17.6. The molecule has 0 saturated heterocycles. The van der Waals surface area contributed by atoms with E-state index in [1.807, 2.05) is 37.3 Å². The molecule has 0 spiro atoms. The van der Waals surface area contributed by atoms with Gasteiger partial charge in [-0.2, -0.15) is 0 Å². The van der Waals surface area contributed by atoms with Crippen molar-refractivity contribution in [2.24, 2.45) is 0 Å². The maximum Gasteiger partial charge on any atom is 0.243 e. The first-order chi connectivity index (χ1) is 13.2. The lowest BCUT2D eigenvalue weighted by Crippen LogP contribution is -2.48. The molecule has 0 aromatic heterocycles. The summed E-state index contributed by atoms with van der Waals surface area (Å²) in [5, 5.41) is 2.84. The first-order valence-electron chi connectivity index (χ1n) is 9.19. The number of carbonyl (C=O) groups excluding carboxylic acids is 1. The summed E-state index contributed by atoms with van der Waals surface area (Å²) in [5.41, 5.74) is 2.57. The van der Waals surface area contributed by atoms with E-state index >= 15 is 0 Å². The van der Waals surface area contributed by atoms with Gasteiger partial charge in [-0.25, -0.2) is 8.42 Å². The average molecular weight is 405 g/mol. The van der Waals surface area contributed by atoms with Crippen LogP contribution in [-0.2, 0) is 21.2 Å². The topological polar surface area (TPSA) is 75.7 Å². The van der Waals surface area contributed by atoms with Crippen molar-refractivity contribution in [2.75, 3.05) is 24.2 Å². The molecule has 0 aliphatic carbocycles. The minimum Gasteiger partial charge on any atom is -0.497 e. The van der Waals surface area contributed by atoms with Crippen LogP contribution in [0.2, 0.25) is 0 Å². The van der Waals surface area contributed by atoms with Crippen LogP contribution in [0.3, 0.4) is 0 Å². The fourth-order valence-electron chi connectivity index (χ4n) is 3.02. The molecular formula is C21H28N2O4S. The molecular weight excluding hydrogens is 376 g/mol. The predicted molar refractivity (Wildman–Crippen MR) is 112 cm³/mol. The number of methoxy groups -OCH3 is 1. The standard InChI is InChI=1S/C21H28N2O4S/c1-16-7-5-9-19(15-16)23(28(4,25)26)17(2)21(24)22-14-6-8-18-10-12-20(27-3)13-11-18/h5,7,9-13,15,17H,6,8,14H2,1-4H3,(H,22,24). The van der Waals surface area contributed by atoms with Gasteiger partial charge in [-0.1, -0.05) is 24.3 Å². The van der Waals surface area contributed by atoms with Crippen LogP contribution in [-0.4, -0.2) is 40.3 Å². The zero-order valence-electron chi connectivity index (χ0n) is 16.8. The Kier molecular flexibility index (Phi) is 7.45. The number of sulfonamides is 1. The molecule has 1 N–H and O–H groups in total. The van der Waals surface area contributed by atoms with Crippen molar-refractivity contribution < 1.29 is 17.9 Å². The molecule has 0 radical (unpaired) electrons. The van der Waals surface area contributed by atoms with Crippen molar-refractivity contribution in [1.82, 2.24) is 5.32 Å². The number of benzene rings is 2. The number of nitrogens with one attached hydrogen (secondary N) is 1. The minimum absolute atomic E-state index is 0.318. The number of nitrogens with zero attached hydrogens (tertiary/aromatic N) is 1. The lowest BCUT2D eigenvalue weighted by Gasteiger charge is -2.28. The molecule has 2 aromatic rings. The first kappa shape index (κ1) is 21.8. The molecule has 0 aliphatic rings. The third kappa shape index (κ3) is 5.99. The predicted octanol–water partition coefficient (Wildman–Crippen LogP) is 2.91. The Hall–Kier alpha value is -2.54. The summed E-state index contributed by atoms with van der Waals surface area (Å²) in [6.07, 6.45) is 2.68. The third-order valence-corrected chi connectivity index (χ3v) is 5.69. The molecule has 0 heterocycles. The van der Waals surface area contributed by atoms with Gasteiger partial charge in [0, 0.05) is 6.54 Å². The van der Waals surface area contributed by atoms with Gasteiger partial charge in [-0.15, -0.1) is 0 Å². The minimum atomic E-state index is -3.60. The Balaban J connectivity index is 1.95. The van der Waals surface area contributed by atoms with Crippen LogP contribution in [0, 0.1) is 6.92 Å². The van der Waals surface area contributed by atoms with Crippen molar-refractivity contribution in [1.29, 1.82) is 0 Å². The van der Waals surface area contributed by atoms with Crippen LogP contribution in [0.1, 0.15) is 24.5 Å². The number of hydrogen-bond donors (Lipinski definition) is 1. The monoisotopic (exact) mass is 404 g/mol. The van der Waals surface area contributed by atoms with Gasteiger partial charge >= 0.3 is 0 Å². The molecule has 152 valence electrons. The SMILES string of the molecule is COc1ccc(CCCNC(=O)C(C)N(c2cccc(C)c2)S(C)(=O)=O)cc1. The maximum absolute atomic E-state index is 12.6. The highest BCUT2D eigenvalue weighted by Crippen LogP contribution is 2.22. The summed E-state index contributed by atoms with van der Waals surface area (Å²) in [6, 6.07) is 14.1. The van der Waals surface area contributed by atoms with Gasteiger partial charge in [-0.05, 0) is 62.1 Å². The molecule has 1 unspecified atom stereocenters. The molecule has 0 saturated carbocycles. The summed E-state index contributed by atoms with van der Waals surface area (Å²) in [6.45, 7) is 3.96. The Labute approximate surface area is 167 Å². The van der Waals surface area contributed by atoms with Crippen LogP contribution in [0.5, 0.6) is 5.75 Å². The van der Waals surface area contributed by atoms with E-state index in [0.29, 0.717) is 12.2 Å². The van der Waals surface area contributed by atoms with E-state index in [0.717, 1.165) is 36.0 Å². The van der Waals surface area contributed by atoms with Crippen LogP contribution < -0.4 is 14.4 Å². The van der Waals surface area contributed by atoms with Gasteiger partial charge in [-0.3, -0.25) is 9.10 Å². The highest BCUT2D eigenvalue weighted by molar-refractivity contribution is 7.92. The van der Waals surface area contributed by atoms with Gasteiger partial charge in [0.05, 0.1) is 19.1 Å². The quantitative estimate of drug-likeness (QED) is 0.652. The van der Waals surface area contributed by atoms with Gasteiger partial charge in [0.2, 0.25) is 15.9 Å². The van der Waals surface area contributed by atoms with Gasteiger partial charge < -0.3 is 10.1 Å². The fourth-order valence-corrected chi connectivity index (χ4v) is 4.18. The van der Waals surface area contributed by atoms with E-state index < -0.39 is 16.1 Å². The summed E-state index contributed by atoms with van der Waals surface area (Å²) < 4.78 is 30.9. The average Bonchev–Trinajstić information content (AvgIpc) is 2.64. The number of hydrogen-bond acceptors (Lipinski definition) is 4. The summed E-state index contributed by atoms with van der Waals surface area (Å²) in [5.74, 6) is 0.490. The molecule has 0 bridgehead atoms. The number of rotatable bonds is 9. The molecule has 0 aliphatic heterocycles. The number of carbonyl (C=O) groups is 1. The normalized spacial score (nSPS) is 12.3. The van der Waals surface area contributed by atoms with Gasteiger partial charge in [0.25, 0.3) is 0 Å². The number of anilines is 1. The fraction of sp³-hybridized carbons (Fsp3) is 0.381. The Morgan fingerprint density at radius 3 is 2.43 bits per heavy atom. The summed E-state index contributed by atoms with van der Waals surface area (Å²) >= 11 is 0. The van der Waals surface area contributed by atoms with Gasteiger partial charge in [0.1, 0.15) is 11.8 Å². The van der Waals surface area contributed by atoms with Crippen LogP contribution in [0.4, 0.5) is 5.69 Å². The molecule has 28 heavy (non-hydrogen) atoms. The largest absolute Gasteiger partial charge is 0.497 e. The summed E-state index contributed by atoms with van der Waals surface area (Å²) in [7, 11) is -1.97. The second kappa shape index (κ2) is 9.59. The van der Waals surface area contributed by atoms with Crippen molar-refractivity contribution in [2.45, 2.75) is 32.7 Å². The molecule has 1 amide bonds. The molecule has 2 aromatic carbocycles. The molecule has 1 atom stereocenters. The van der Waals surface area contributed by atoms with Gasteiger partial charge in [0.15, 0.2) is 0 Å². The highest BCUT2D eigenvalue weighted by atomic mass is 32.2. The zero-order chi connectivity index (χ0) is 20.7. The molecule has 7 heteroatoms. The van der Waals surface area contributed by atoms with E-state index in [-0.39, 0.29) is 5.91 Å². The number of aryl methyl sites for hydroxylation is 2. The summed E-state index contributed by atoms with van der Waals surface area (Å²) in [4.78, 5) is 12.6. The molecule has 6 nitrogen and oxygen atoms in total. The smallest absolute Gasteiger partial charge is 0.243 e. The highest BCUT2D eigenvalue weighted by Gasteiger charge is 2.28. The van der Waals surface area contributed by atoms with Crippen LogP contribution in [0.25, 0.3) is 0 Å². The Morgan fingerprint density at radius 1 is 1.18 bits per heavy atom. The second-order valence-corrected chi connectivity index (χ2v) is 8.68. The van der Waals surface area contributed by atoms with E-state index in [1.54, 1.807) is 32.2 Å². The van der Waals surface area contributed by atoms with Crippen molar-refractivity contribution in [3.05, 3.63) is 59.7 Å². The first-order valence-corrected chi connectivity index (χ1v) is 11.0. The Morgan fingerprint density at radius 2 is 1.86 bits per heavy atom. The maximum atomic E-state index is 12.6.